The molecule has 8 heteroatoms. The van der Waals surface area contributed by atoms with Gasteiger partial charge >= 0.3 is 6.09 Å². The molecule has 194 valence electrons. The molecule has 6 nitrogen and oxygen atoms in total. The molecular formula is C28H34Cl2N2O4. The summed E-state index contributed by atoms with van der Waals surface area (Å²) in [5, 5.41) is 0.454. The van der Waals surface area contributed by atoms with E-state index in [2.05, 4.69) is 6.58 Å². The summed E-state index contributed by atoms with van der Waals surface area (Å²) in [7, 11) is 0. The van der Waals surface area contributed by atoms with E-state index in [0.29, 0.717) is 34.8 Å². The van der Waals surface area contributed by atoms with Gasteiger partial charge in [0.1, 0.15) is 5.60 Å². The second kappa shape index (κ2) is 10.4. The Morgan fingerprint density at radius 3 is 2.39 bits per heavy atom. The van der Waals surface area contributed by atoms with Crippen LogP contribution < -0.4 is 4.90 Å². The van der Waals surface area contributed by atoms with E-state index in [-0.39, 0.29) is 35.4 Å². The van der Waals surface area contributed by atoms with Crippen molar-refractivity contribution in [2.24, 2.45) is 5.41 Å². The van der Waals surface area contributed by atoms with Crippen LogP contribution >= 0.6 is 23.2 Å². The summed E-state index contributed by atoms with van der Waals surface area (Å²) in [6.45, 7) is 15.2. The summed E-state index contributed by atoms with van der Waals surface area (Å²) in [6, 6.07) is 4.68. The van der Waals surface area contributed by atoms with Crippen LogP contribution in [-0.2, 0) is 14.3 Å². The number of carbonyl (C=O) groups excluding carboxylic acids is 3. The summed E-state index contributed by atoms with van der Waals surface area (Å²) < 4.78 is 5.63. The minimum atomic E-state index is -0.793. The number of amides is 2. The Labute approximate surface area is 223 Å². The van der Waals surface area contributed by atoms with Gasteiger partial charge in [0.2, 0.25) is 5.91 Å². The van der Waals surface area contributed by atoms with Gasteiger partial charge in [-0.3, -0.25) is 9.59 Å². The van der Waals surface area contributed by atoms with Gasteiger partial charge in [-0.25, -0.2) is 9.69 Å². The van der Waals surface area contributed by atoms with Crippen LogP contribution in [0.3, 0.4) is 0 Å². The molecule has 36 heavy (non-hydrogen) atoms. The third-order valence-electron chi connectivity index (χ3n) is 5.77. The second-order valence-corrected chi connectivity index (χ2v) is 12.1. The third kappa shape index (κ3) is 6.40. The molecule has 0 N–H and O–H groups in total. The molecular weight excluding hydrogens is 499 g/mol. The van der Waals surface area contributed by atoms with Gasteiger partial charge in [-0.1, -0.05) is 39.0 Å². The number of nitrogens with zero attached hydrogens (tertiary/aromatic N) is 2. The quantitative estimate of drug-likeness (QED) is 0.378. The molecule has 1 saturated heterocycles. The van der Waals surface area contributed by atoms with Crippen molar-refractivity contribution in [3.8, 4) is 0 Å². The highest BCUT2D eigenvalue weighted by atomic mass is 35.5. The van der Waals surface area contributed by atoms with Crippen LogP contribution in [0, 0.1) is 5.41 Å². The van der Waals surface area contributed by atoms with Crippen LogP contribution in [0.2, 0.25) is 5.02 Å². The Kier molecular flexibility index (Phi) is 8.11. The van der Waals surface area contributed by atoms with Crippen molar-refractivity contribution < 1.29 is 19.1 Å². The number of imide groups is 1. The lowest BCUT2D eigenvalue weighted by Crippen LogP contribution is -2.42. The number of alkyl halides is 1. The number of anilines is 1. The van der Waals surface area contributed by atoms with Crippen molar-refractivity contribution >= 4 is 52.2 Å². The Balaban J connectivity index is 2.10. The topological polar surface area (TPSA) is 66.9 Å². The van der Waals surface area contributed by atoms with Crippen LogP contribution in [0.15, 0.2) is 48.3 Å². The zero-order valence-electron chi connectivity index (χ0n) is 21.8. The number of ketones is 1. The smallest absolute Gasteiger partial charge is 0.421 e. The minimum absolute atomic E-state index is 0.0506. The fraction of sp³-hybridized carbons (Fsp3) is 0.464. The summed E-state index contributed by atoms with van der Waals surface area (Å²) >= 11 is 12.2. The molecule has 0 radical (unpaired) electrons. The molecule has 0 aliphatic carbocycles. The largest absolute Gasteiger partial charge is 0.443 e. The zero-order valence-corrected chi connectivity index (χ0v) is 23.3. The Morgan fingerprint density at radius 1 is 1.14 bits per heavy atom. The van der Waals surface area contributed by atoms with Gasteiger partial charge < -0.3 is 9.64 Å². The third-order valence-corrected chi connectivity index (χ3v) is 6.27. The van der Waals surface area contributed by atoms with Crippen molar-refractivity contribution in [3.63, 3.8) is 0 Å². The lowest BCUT2D eigenvalue weighted by molar-refractivity contribution is -0.120. The van der Waals surface area contributed by atoms with Crippen molar-refractivity contribution in [1.82, 2.24) is 4.90 Å². The van der Waals surface area contributed by atoms with Gasteiger partial charge in [0.15, 0.2) is 5.78 Å². The fourth-order valence-electron chi connectivity index (χ4n) is 4.39. The van der Waals surface area contributed by atoms with E-state index in [0.717, 1.165) is 16.2 Å². The van der Waals surface area contributed by atoms with Crippen LogP contribution in [0.25, 0.3) is 5.57 Å². The molecule has 3 rings (SSSR count). The van der Waals surface area contributed by atoms with Crippen LogP contribution in [0.1, 0.15) is 66.4 Å². The van der Waals surface area contributed by atoms with Gasteiger partial charge in [0.25, 0.3) is 0 Å². The monoisotopic (exact) mass is 532 g/mol. The maximum Gasteiger partial charge on any atom is 0.421 e. The standard InChI is InChI=1S/C28H34Cl2N2O4/c1-17-12-18(13-20-9-11-23(31(17)20)24(33)16-29)21-14-19(30)8-10-22(21)32(25(34)15-27(2,3)4)26(35)36-28(5,6)7/h8,10,12-14,23H,1,9,11,15-16H2,2-7H3. The molecule has 2 aliphatic rings. The Bertz CT molecular complexity index is 1130. The van der Waals surface area contributed by atoms with Crippen molar-refractivity contribution in [2.75, 3.05) is 10.8 Å². The first kappa shape index (κ1) is 28.0. The SMILES string of the molecule is C=C1C=C(c2cc(Cl)ccc2N(C(=O)CC(C)(C)C)C(=O)OC(C)(C)C)C=C2CCC(C(=O)CCl)N12. The van der Waals surface area contributed by atoms with Crippen LogP contribution in [0.4, 0.5) is 10.5 Å². The maximum atomic E-state index is 13.5. The van der Waals surface area contributed by atoms with Crippen molar-refractivity contribution in [2.45, 2.75) is 72.4 Å². The van der Waals surface area contributed by atoms with E-state index in [4.69, 9.17) is 27.9 Å². The van der Waals surface area contributed by atoms with Gasteiger partial charge in [-0.05, 0) is 75.0 Å². The zero-order chi connectivity index (χ0) is 27.0. The molecule has 0 spiro atoms. The number of rotatable bonds is 5. The highest BCUT2D eigenvalue weighted by Gasteiger charge is 2.37. The summed E-state index contributed by atoms with van der Waals surface area (Å²) in [5.41, 5.74) is 2.13. The van der Waals surface area contributed by atoms with Gasteiger partial charge in [-0.15, -0.1) is 11.6 Å². The van der Waals surface area contributed by atoms with E-state index >= 15 is 0 Å². The van der Waals surface area contributed by atoms with Crippen LogP contribution in [0.5, 0.6) is 0 Å². The molecule has 1 unspecified atom stereocenters. The molecule has 2 aliphatic heterocycles. The average Bonchev–Trinajstić information content (AvgIpc) is 3.16. The van der Waals surface area contributed by atoms with E-state index in [9.17, 15) is 14.4 Å². The van der Waals surface area contributed by atoms with E-state index in [1.807, 2.05) is 37.8 Å². The fourth-order valence-corrected chi connectivity index (χ4v) is 4.74. The summed E-state index contributed by atoms with van der Waals surface area (Å²) in [4.78, 5) is 42.2. The molecule has 0 bridgehead atoms. The average molecular weight is 533 g/mol. The molecule has 1 atom stereocenters. The molecule has 1 aromatic rings. The lowest BCUT2D eigenvalue weighted by atomic mass is 9.91. The first-order chi connectivity index (χ1) is 16.6. The number of hydrogen-bond donors (Lipinski definition) is 0. The summed E-state index contributed by atoms with van der Waals surface area (Å²) in [6.07, 6.45) is 4.49. The second-order valence-electron chi connectivity index (χ2n) is 11.4. The molecule has 2 amide bonds. The predicted octanol–water partition coefficient (Wildman–Crippen LogP) is 7.11. The van der Waals surface area contributed by atoms with Gasteiger partial charge in [0, 0.05) is 28.4 Å². The molecule has 1 aromatic carbocycles. The van der Waals surface area contributed by atoms with Crippen molar-refractivity contribution in [3.05, 3.63) is 58.9 Å². The van der Waals surface area contributed by atoms with Gasteiger partial charge in [0.05, 0.1) is 17.6 Å². The highest BCUT2D eigenvalue weighted by Crippen LogP contribution is 2.41. The molecule has 0 aromatic heterocycles. The van der Waals surface area contributed by atoms with Gasteiger partial charge in [-0.2, -0.15) is 0 Å². The normalized spacial score (nSPS) is 17.8. The number of allylic oxidation sites excluding steroid dienone is 4. The minimum Gasteiger partial charge on any atom is -0.443 e. The molecule has 2 heterocycles. The number of hydrogen-bond acceptors (Lipinski definition) is 5. The number of carbonyl (C=O) groups is 3. The van der Waals surface area contributed by atoms with Crippen LogP contribution in [-0.4, -0.2) is 40.2 Å². The first-order valence-electron chi connectivity index (χ1n) is 12.0. The number of halogens is 2. The maximum absolute atomic E-state index is 13.5. The van der Waals surface area contributed by atoms with E-state index < -0.39 is 11.7 Å². The first-order valence-corrected chi connectivity index (χ1v) is 12.9. The number of ether oxygens (including phenoxy) is 1. The lowest BCUT2D eigenvalue weighted by Gasteiger charge is -2.32. The Hall–Kier alpha value is -2.57. The predicted molar refractivity (Wildman–Crippen MR) is 145 cm³/mol. The molecule has 1 fully saturated rings. The summed E-state index contributed by atoms with van der Waals surface area (Å²) in [5.74, 6) is -0.485. The number of benzene rings is 1. The van der Waals surface area contributed by atoms with E-state index in [1.54, 1.807) is 39.0 Å². The number of Topliss-reactive ketones (excluding diaryl/α,β-unsaturated/α-hetero) is 1. The van der Waals surface area contributed by atoms with E-state index in [1.165, 1.54) is 0 Å². The Morgan fingerprint density at radius 2 is 1.81 bits per heavy atom. The molecule has 0 saturated carbocycles. The highest BCUT2D eigenvalue weighted by molar-refractivity contribution is 6.31. The van der Waals surface area contributed by atoms with Crippen molar-refractivity contribution in [1.29, 1.82) is 0 Å². The number of fused-ring (bicyclic) bond motifs is 1.